The topological polar surface area (TPSA) is 66.4 Å². The molecular weight excluding hydrogens is 286 g/mol. The van der Waals surface area contributed by atoms with Crippen LogP contribution >= 0.6 is 15.9 Å². The third-order valence-corrected chi connectivity index (χ3v) is 2.49. The van der Waals surface area contributed by atoms with E-state index in [4.69, 9.17) is 5.11 Å². The third kappa shape index (κ3) is 4.82. The molecule has 1 aromatic rings. The van der Waals surface area contributed by atoms with E-state index in [0.717, 1.165) is 10.0 Å². The number of nitrogens with one attached hydrogen (secondary N) is 1. The van der Waals surface area contributed by atoms with Crippen LogP contribution in [0.15, 0.2) is 34.3 Å². The molecule has 0 atom stereocenters. The summed E-state index contributed by atoms with van der Waals surface area (Å²) in [4.78, 5) is 21.7. The Labute approximate surface area is 107 Å². The van der Waals surface area contributed by atoms with Gasteiger partial charge in [0.1, 0.15) is 0 Å². The van der Waals surface area contributed by atoms with Crippen LogP contribution in [0.25, 0.3) is 6.08 Å². The fourth-order valence-electron chi connectivity index (χ4n) is 1.21. The Balaban J connectivity index is 2.90. The number of carbonyl (C=O) groups excluding carboxylic acids is 1. The average Bonchev–Trinajstić information content (AvgIpc) is 2.23. The fraction of sp³-hybridized carbons (Fsp3) is 0.167. The van der Waals surface area contributed by atoms with Gasteiger partial charge in [0.15, 0.2) is 0 Å². The van der Waals surface area contributed by atoms with Crippen LogP contribution in [0.1, 0.15) is 12.5 Å². The molecule has 0 bridgehead atoms. The molecule has 0 aliphatic heterocycles. The number of carboxylic acid groups (broad SMARTS) is 1. The van der Waals surface area contributed by atoms with Crippen LogP contribution in [-0.4, -0.2) is 23.5 Å². The van der Waals surface area contributed by atoms with Crippen LogP contribution in [0.5, 0.6) is 0 Å². The standard InChI is InChI=1S/C12H12BrNO3/c1-8(15)14-7-10(12(16)17)5-9-3-2-4-11(13)6-9/h2-6H,7H2,1H3,(H,14,15)(H,16,17)/b10-5+. The van der Waals surface area contributed by atoms with Crippen molar-refractivity contribution in [1.29, 1.82) is 0 Å². The first kappa shape index (κ1) is 13.4. The van der Waals surface area contributed by atoms with Crippen molar-refractivity contribution in [1.82, 2.24) is 5.32 Å². The van der Waals surface area contributed by atoms with E-state index in [1.54, 1.807) is 12.1 Å². The molecule has 0 aromatic heterocycles. The first-order chi connectivity index (χ1) is 7.99. The molecule has 0 heterocycles. The van der Waals surface area contributed by atoms with Crippen molar-refractivity contribution in [2.75, 3.05) is 6.54 Å². The maximum atomic E-state index is 11.0. The van der Waals surface area contributed by atoms with Crippen LogP contribution in [-0.2, 0) is 9.59 Å². The SMILES string of the molecule is CC(=O)NC/C(=C\c1cccc(Br)c1)C(=O)O. The van der Waals surface area contributed by atoms with E-state index in [2.05, 4.69) is 21.2 Å². The molecular formula is C12H12BrNO3. The Bertz CT molecular complexity index is 469. The summed E-state index contributed by atoms with van der Waals surface area (Å²) in [6, 6.07) is 7.26. The Morgan fingerprint density at radius 3 is 2.71 bits per heavy atom. The van der Waals surface area contributed by atoms with Crippen LogP contribution in [0.3, 0.4) is 0 Å². The summed E-state index contributed by atoms with van der Waals surface area (Å²) < 4.78 is 0.871. The van der Waals surface area contributed by atoms with Gasteiger partial charge in [-0.2, -0.15) is 0 Å². The highest BCUT2D eigenvalue weighted by Gasteiger charge is 2.07. The van der Waals surface area contributed by atoms with Crippen LogP contribution in [0, 0.1) is 0 Å². The summed E-state index contributed by atoms with van der Waals surface area (Å²) in [5, 5.41) is 11.4. The predicted octanol–water partition coefficient (Wildman–Crippen LogP) is 2.05. The van der Waals surface area contributed by atoms with Crippen LogP contribution in [0.4, 0.5) is 0 Å². The maximum absolute atomic E-state index is 11.0. The van der Waals surface area contributed by atoms with E-state index in [9.17, 15) is 9.59 Å². The lowest BCUT2D eigenvalue weighted by atomic mass is 10.1. The number of hydrogen-bond donors (Lipinski definition) is 2. The third-order valence-electron chi connectivity index (χ3n) is 1.99. The monoisotopic (exact) mass is 297 g/mol. The second-order valence-corrected chi connectivity index (χ2v) is 4.36. The molecule has 0 aliphatic carbocycles. The van der Waals surface area contributed by atoms with Crippen molar-refractivity contribution in [3.05, 3.63) is 39.9 Å². The highest BCUT2D eigenvalue weighted by Crippen LogP contribution is 2.14. The normalized spacial score (nSPS) is 11.1. The molecule has 0 unspecified atom stereocenters. The minimum Gasteiger partial charge on any atom is -0.478 e. The lowest BCUT2D eigenvalue weighted by Gasteiger charge is -2.03. The van der Waals surface area contributed by atoms with Gasteiger partial charge in [-0.15, -0.1) is 0 Å². The smallest absolute Gasteiger partial charge is 0.333 e. The van der Waals surface area contributed by atoms with Crippen molar-refractivity contribution < 1.29 is 14.7 Å². The molecule has 0 fully saturated rings. The number of aliphatic carboxylic acids is 1. The van der Waals surface area contributed by atoms with Gasteiger partial charge in [-0.05, 0) is 23.8 Å². The van der Waals surface area contributed by atoms with Crippen molar-refractivity contribution in [2.45, 2.75) is 6.92 Å². The molecule has 0 spiro atoms. The summed E-state index contributed by atoms with van der Waals surface area (Å²) >= 11 is 3.30. The fourth-order valence-corrected chi connectivity index (χ4v) is 1.62. The van der Waals surface area contributed by atoms with E-state index in [-0.39, 0.29) is 18.0 Å². The summed E-state index contributed by atoms with van der Waals surface area (Å²) in [5.41, 5.74) is 0.903. The number of halogens is 1. The van der Waals surface area contributed by atoms with Gasteiger partial charge in [-0.3, -0.25) is 4.79 Å². The Hall–Kier alpha value is -1.62. The van der Waals surface area contributed by atoms with Crippen molar-refractivity contribution >= 4 is 33.9 Å². The molecule has 1 aromatic carbocycles. The van der Waals surface area contributed by atoms with Gasteiger partial charge >= 0.3 is 5.97 Å². The molecule has 5 heteroatoms. The molecule has 17 heavy (non-hydrogen) atoms. The number of carboxylic acids is 1. The molecule has 0 aliphatic rings. The Morgan fingerprint density at radius 1 is 1.47 bits per heavy atom. The van der Waals surface area contributed by atoms with Crippen molar-refractivity contribution in [3.8, 4) is 0 Å². The molecule has 4 nitrogen and oxygen atoms in total. The first-order valence-electron chi connectivity index (χ1n) is 4.93. The summed E-state index contributed by atoms with van der Waals surface area (Å²) in [7, 11) is 0. The van der Waals surface area contributed by atoms with Crippen molar-refractivity contribution in [2.24, 2.45) is 0 Å². The van der Waals surface area contributed by atoms with Gasteiger partial charge < -0.3 is 10.4 Å². The molecule has 1 amide bonds. The lowest BCUT2D eigenvalue weighted by Crippen LogP contribution is -2.25. The minimum absolute atomic E-state index is 0.0111. The second kappa shape index (κ2) is 6.20. The molecule has 90 valence electrons. The number of carbonyl (C=O) groups is 2. The summed E-state index contributed by atoms with van der Waals surface area (Å²) in [6.45, 7) is 1.36. The molecule has 1 rings (SSSR count). The maximum Gasteiger partial charge on any atom is 0.333 e. The van der Waals surface area contributed by atoms with Gasteiger partial charge in [0, 0.05) is 17.9 Å². The zero-order chi connectivity index (χ0) is 12.8. The number of benzene rings is 1. The summed E-state index contributed by atoms with van der Waals surface area (Å²) in [5.74, 6) is -1.30. The van der Waals surface area contributed by atoms with E-state index < -0.39 is 5.97 Å². The van der Waals surface area contributed by atoms with E-state index in [0.29, 0.717) is 0 Å². The molecule has 0 saturated heterocycles. The van der Waals surface area contributed by atoms with E-state index in [1.807, 2.05) is 12.1 Å². The highest BCUT2D eigenvalue weighted by atomic mass is 79.9. The molecule has 0 radical (unpaired) electrons. The number of amides is 1. The van der Waals surface area contributed by atoms with E-state index in [1.165, 1.54) is 13.0 Å². The van der Waals surface area contributed by atoms with Crippen LogP contribution < -0.4 is 5.32 Å². The van der Waals surface area contributed by atoms with Crippen LogP contribution in [0.2, 0.25) is 0 Å². The average molecular weight is 298 g/mol. The quantitative estimate of drug-likeness (QED) is 0.836. The molecule has 2 N–H and O–H groups in total. The largest absolute Gasteiger partial charge is 0.478 e. The lowest BCUT2D eigenvalue weighted by molar-refractivity contribution is -0.132. The van der Waals surface area contributed by atoms with Gasteiger partial charge in [0.2, 0.25) is 5.91 Å². The second-order valence-electron chi connectivity index (χ2n) is 3.44. The minimum atomic E-state index is -1.04. The zero-order valence-electron chi connectivity index (χ0n) is 9.24. The number of rotatable bonds is 4. The molecule has 0 saturated carbocycles. The first-order valence-corrected chi connectivity index (χ1v) is 5.72. The van der Waals surface area contributed by atoms with Gasteiger partial charge in [0.05, 0.1) is 5.57 Å². The van der Waals surface area contributed by atoms with Gasteiger partial charge in [-0.25, -0.2) is 4.79 Å². The Kier molecular flexibility index (Phi) is 4.90. The highest BCUT2D eigenvalue weighted by molar-refractivity contribution is 9.10. The summed E-state index contributed by atoms with van der Waals surface area (Å²) in [6.07, 6.45) is 1.53. The van der Waals surface area contributed by atoms with Gasteiger partial charge in [0.25, 0.3) is 0 Å². The predicted molar refractivity (Wildman–Crippen MR) is 68.4 cm³/mol. The van der Waals surface area contributed by atoms with E-state index >= 15 is 0 Å². The zero-order valence-corrected chi connectivity index (χ0v) is 10.8. The van der Waals surface area contributed by atoms with Crippen molar-refractivity contribution in [3.63, 3.8) is 0 Å². The van der Waals surface area contributed by atoms with Gasteiger partial charge in [-0.1, -0.05) is 28.1 Å². The number of hydrogen-bond acceptors (Lipinski definition) is 2. The Morgan fingerprint density at radius 2 is 2.18 bits per heavy atom.